The third-order valence-electron chi connectivity index (χ3n) is 3.41. The number of carboxylic acids is 1. The second-order valence-electron chi connectivity index (χ2n) is 4.85. The molecule has 18 heavy (non-hydrogen) atoms. The highest BCUT2D eigenvalue weighted by Crippen LogP contribution is 2.08. The van der Waals surface area contributed by atoms with Crippen LogP contribution in [0.1, 0.15) is 31.4 Å². The van der Waals surface area contributed by atoms with E-state index in [1.54, 1.807) is 0 Å². The summed E-state index contributed by atoms with van der Waals surface area (Å²) in [4.78, 5) is 12.7. The molecule has 0 saturated heterocycles. The van der Waals surface area contributed by atoms with Crippen LogP contribution in [0.5, 0.6) is 0 Å². The zero-order valence-electron chi connectivity index (χ0n) is 11.5. The lowest BCUT2D eigenvalue weighted by atomic mass is 10.1. The zero-order valence-corrected chi connectivity index (χ0v) is 11.5. The van der Waals surface area contributed by atoms with Gasteiger partial charge in [0, 0.05) is 12.6 Å². The summed E-state index contributed by atoms with van der Waals surface area (Å²) in [7, 11) is 1.98. The van der Waals surface area contributed by atoms with E-state index in [0.717, 1.165) is 19.4 Å². The molecule has 0 heterocycles. The largest absolute Gasteiger partial charge is 0.481 e. The second kappa shape index (κ2) is 7.17. The van der Waals surface area contributed by atoms with Crippen LogP contribution in [-0.4, -0.2) is 35.6 Å². The summed E-state index contributed by atoms with van der Waals surface area (Å²) in [5.41, 5.74) is 2.66. The lowest BCUT2D eigenvalue weighted by Gasteiger charge is -2.23. The van der Waals surface area contributed by atoms with E-state index in [4.69, 9.17) is 5.11 Å². The average molecular weight is 249 g/mol. The summed E-state index contributed by atoms with van der Waals surface area (Å²) >= 11 is 0. The zero-order chi connectivity index (χ0) is 13.5. The summed E-state index contributed by atoms with van der Waals surface area (Å²) in [6, 6.07) is 8.73. The van der Waals surface area contributed by atoms with Crippen LogP contribution in [0.15, 0.2) is 24.3 Å². The van der Waals surface area contributed by atoms with Crippen LogP contribution in [0.25, 0.3) is 0 Å². The molecule has 1 rings (SSSR count). The van der Waals surface area contributed by atoms with Gasteiger partial charge in [0.25, 0.3) is 0 Å². The van der Waals surface area contributed by atoms with Crippen LogP contribution < -0.4 is 0 Å². The summed E-state index contributed by atoms with van der Waals surface area (Å²) in [5.74, 6) is -0.735. The first-order chi connectivity index (χ1) is 8.52. The van der Waals surface area contributed by atoms with E-state index < -0.39 is 5.97 Å². The summed E-state index contributed by atoms with van der Waals surface area (Å²) in [5, 5.41) is 8.75. The van der Waals surface area contributed by atoms with Crippen molar-refractivity contribution in [3.8, 4) is 0 Å². The number of hydrogen-bond donors (Lipinski definition) is 1. The Morgan fingerprint density at radius 2 is 1.83 bits per heavy atom. The maximum atomic E-state index is 10.6. The van der Waals surface area contributed by atoms with E-state index in [0.29, 0.717) is 0 Å². The van der Waals surface area contributed by atoms with E-state index in [-0.39, 0.29) is 12.5 Å². The Morgan fingerprint density at radius 1 is 1.28 bits per heavy atom. The molecule has 0 amide bonds. The summed E-state index contributed by atoms with van der Waals surface area (Å²) in [6.07, 6.45) is 2.23. The van der Waals surface area contributed by atoms with Crippen LogP contribution in [-0.2, 0) is 17.6 Å². The highest BCUT2D eigenvalue weighted by atomic mass is 16.4. The molecular weight excluding hydrogens is 226 g/mol. The van der Waals surface area contributed by atoms with Crippen LogP contribution in [0.4, 0.5) is 0 Å². The van der Waals surface area contributed by atoms with Gasteiger partial charge in [0.05, 0.1) is 6.42 Å². The number of hydrogen-bond acceptors (Lipinski definition) is 2. The summed E-state index contributed by atoms with van der Waals surface area (Å²) in [6.45, 7) is 4.99. The maximum Gasteiger partial charge on any atom is 0.304 e. The molecule has 0 saturated carbocycles. The Kier molecular flexibility index (Phi) is 5.86. The molecule has 100 valence electrons. The smallest absolute Gasteiger partial charge is 0.304 e. The fourth-order valence-electron chi connectivity index (χ4n) is 1.88. The standard InChI is InChI=1S/C15H23NO2/c1-4-13-5-7-14(8-6-13)9-10-16(3)12(2)11-15(17)18/h5-8,12H,4,9-11H2,1-3H3,(H,17,18). The highest BCUT2D eigenvalue weighted by Gasteiger charge is 2.12. The molecule has 0 bridgehead atoms. The average Bonchev–Trinajstić information content (AvgIpc) is 2.35. The number of carbonyl (C=O) groups is 1. The van der Waals surface area contributed by atoms with Gasteiger partial charge in [0.1, 0.15) is 0 Å². The van der Waals surface area contributed by atoms with Crippen molar-refractivity contribution >= 4 is 5.97 Å². The minimum absolute atomic E-state index is 0.0809. The highest BCUT2D eigenvalue weighted by molar-refractivity contribution is 5.67. The molecule has 0 spiro atoms. The van der Waals surface area contributed by atoms with Crippen LogP contribution >= 0.6 is 0 Å². The molecule has 3 heteroatoms. The Balaban J connectivity index is 2.41. The fraction of sp³-hybridized carbons (Fsp3) is 0.533. The van der Waals surface area contributed by atoms with Crippen molar-refractivity contribution in [2.24, 2.45) is 0 Å². The van der Waals surface area contributed by atoms with Crippen molar-refractivity contribution in [1.29, 1.82) is 0 Å². The monoisotopic (exact) mass is 249 g/mol. The Hall–Kier alpha value is -1.35. The molecule has 1 aromatic rings. The van der Waals surface area contributed by atoms with Crippen molar-refractivity contribution in [2.45, 2.75) is 39.2 Å². The second-order valence-corrected chi connectivity index (χ2v) is 4.85. The maximum absolute atomic E-state index is 10.6. The van der Waals surface area contributed by atoms with Gasteiger partial charge in [-0.2, -0.15) is 0 Å². The molecule has 1 N–H and O–H groups in total. The fourth-order valence-corrected chi connectivity index (χ4v) is 1.88. The van der Waals surface area contributed by atoms with Crippen LogP contribution in [0.2, 0.25) is 0 Å². The minimum atomic E-state index is -0.735. The van der Waals surface area contributed by atoms with E-state index in [1.165, 1.54) is 11.1 Å². The Morgan fingerprint density at radius 3 is 2.33 bits per heavy atom. The van der Waals surface area contributed by atoms with Crippen molar-refractivity contribution in [1.82, 2.24) is 4.90 Å². The van der Waals surface area contributed by atoms with Crippen molar-refractivity contribution in [3.05, 3.63) is 35.4 Å². The van der Waals surface area contributed by atoms with Crippen molar-refractivity contribution in [2.75, 3.05) is 13.6 Å². The quantitative estimate of drug-likeness (QED) is 0.807. The van der Waals surface area contributed by atoms with Crippen LogP contribution in [0, 0.1) is 0 Å². The van der Waals surface area contributed by atoms with E-state index >= 15 is 0 Å². The molecule has 0 aliphatic rings. The first kappa shape index (κ1) is 14.7. The molecule has 0 fully saturated rings. The van der Waals surface area contributed by atoms with Gasteiger partial charge in [-0.25, -0.2) is 0 Å². The lowest BCUT2D eigenvalue weighted by Crippen LogP contribution is -2.32. The molecular formula is C15H23NO2. The normalized spacial score (nSPS) is 12.7. The predicted molar refractivity (Wildman–Crippen MR) is 73.9 cm³/mol. The van der Waals surface area contributed by atoms with Gasteiger partial charge in [-0.05, 0) is 37.9 Å². The molecule has 0 radical (unpaired) electrons. The Bertz CT molecular complexity index is 373. The van der Waals surface area contributed by atoms with Crippen molar-refractivity contribution < 1.29 is 9.90 Å². The topological polar surface area (TPSA) is 40.5 Å². The lowest BCUT2D eigenvalue weighted by molar-refractivity contribution is -0.138. The number of likely N-dealkylation sites (N-methyl/N-ethyl adjacent to an activating group) is 1. The van der Waals surface area contributed by atoms with Gasteiger partial charge in [0.2, 0.25) is 0 Å². The molecule has 0 aromatic heterocycles. The van der Waals surface area contributed by atoms with Gasteiger partial charge >= 0.3 is 5.97 Å². The number of benzene rings is 1. The molecule has 1 aromatic carbocycles. The number of aliphatic carboxylic acids is 1. The predicted octanol–water partition coefficient (Wildman–Crippen LogP) is 2.59. The third-order valence-corrected chi connectivity index (χ3v) is 3.41. The summed E-state index contributed by atoms with van der Waals surface area (Å²) < 4.78 is 0. The van der Waals surface area contributed by atoms with Gasteiger partial charge < -0.3 is 10.0 Å². The number of aryl methyl sites for hydroxylation is 1. The number of carboxylic acid groups (broad SMARTS) is 1. The van der Waals surface area contributed by atoms with E-state index in [2.05, 4.69) is 36.1 Å². The van der Waals surface area contributed by atoms with E-state index in [1.807, 2.05) is 14.0 Å². The first-order valence-corrected chi connectivity index (χ1v) is 6.52. The van der Waals surface area contributed by atoms with Crippen LogP contribution in [0.3, 0.4) is 0 Å². The van der Waals surface area contributed by atoms with Crippen molar-refractivity contribution in [3.63, 3.8) is 0 Å². The molecule has 1 atom stereocenters. The minimum Gasteiger partial charge on any atom is -0.481 e. The molecule has 0 aliphatic carbocycles. The van der Waals surface area contributed by atoms with Gasteiger partial charge in [-0.3, -0.25) is 4.79 Å². The molecule has 1 unspecified atom stereocenters. The third kappa shape index (κ3) is 4.88. The molecule has 0 aliphatic heterocycles. The number of rotatable bonds is 7. The van der Waals surface area contributed by atoms with Gasteiger partial charge in [-0.15, -0.1) is 0 Å². The molecule has 3 nitrogen and oxygen atoms in total. The van der Waals surface area contributed by atoms with E-state index in [9.17, 15) is 4.79 Å². The first-order valence-electron chi connectivity index (χ1n) is 6.52. The van der Waals surface area contributed by atoms with Gasteiger partial charge in [0.15, 0.2) is 0 Å². The number of nitrogens with zero attached hydrogens (tertiary/aromatic N) is 1. The SMILES string of the molecule is CCc1ccc(CCN(C)C(C)CC(=O)O)cc1. The Labute approximate surface area is 109 Å². The van der Waals surface area contributed by atoms with Gasteiger partial charge in [-0.1, -0.05) is 31.2 Å².